The second-order valence-corrected chi connectivity index (χ2v) is 5.25. The van der Waals surface area contributed by atoms with E-state index in [0.29, 0.717) is 5.52 Å². The fourth-order valence-corrected chi connectivity index (χ4v) is 2.39. The van der Waals surface area contributed by atoms with E-state index < -0.39 is 23.6 Å². The molecule has 0 aliphatic carbocycles. The molecule has 1 aromatic heterocycles. The quantitative estimate of drug-likeness (QED) is 0.794. The number of pyridine rings is 1. The van der Waals surface area contributed by atoms with Crippen LogP contribution in [0.2, 0.25) is 0 Å². The molecule has 3 rings (SSSR count). The summed E-state index contributed by atoms with van der Waals surface area (Å²) < 4.78 is 26.7. The molecule has 0 aliphatic heterocycles. The summed E-state index contributed by atoms with van der Waals surface area (Å²) in [5.41, 5.74) is 1.18. The van der Waals surface area contributed by atoms with Crippen LogP contribution in [0.3, 0.4) is 0 Å². The van der Waals surface area contributed by atoms with Crippen molar-refractivity contribution in [2.45, 2.75) is 13.0 Å². The monoisotopic (exact) mass is 312 g/mol. The fraction of sp³-hybridized carbons (Fsp3) is 0.111. The van der Waals surface area contributed by atoms with Crippen LogP contribution in [0.25, 0.3) is 10.9 Å². The highest BCUT2D eigenvalue weighted by molar-refractivity contribution is 5.95. The number of carbonyl (C=O) groups is 1. The second kappa shape index (κ2) is 6.12. The van der Waals surface area contributed by atoms with Gasteiger partial charge in [-0.2, -0.15) is 0 Å². The average Bonchev–Trinajstić information content (AvgIpc) is 2.54. The van der Waals surface area contributed by atoms with Gasteiger partial charge < -0.3 is 5.32 Å². The van der Waals surface area contributed by atoms with Gasteiger partial charge in [0.05, 0.1) is 11.6 Å². The highest BCUT2D eigenvalue weighted by Crippen LogP contribution is 2.18. The van der Waals surface area contributed by atoms with E-state index in [-0.39, 0.29) is 11.3 Å². The van der Waals surface area contributed by atoms with Gasteiger partial charge in [0.2, 0.25) is 0 Å². The summed E-state index contributed by atoms with van der Waals surface area (Å²) in [6, 6.07) is 13.6. The van der Waals surface area contributed by atoms with Gasteiger partial charge in [-0.05, 0) is 25.1 Å². The number of rotatable bonds is 3. The van der Waals surface area contributed by atoms with Crippen LogP contribution in [0.5, 0.6) is 0 Å². The molecule has 0 aliphatic rings. The van der Waals surface area contributed by atoms with Crippen LogP contribution in [0, 0.1) is 11.6 Å². The Morgan fingerprint density at radius 3 is 2.65 bits per heavy atom. The molecule has 0 saturated heterocycles. The average molecular weight is 312 g/mol. The molecule has 0 radical (unpaired) electrons. The SMILES string of the molecule is CC(NC(=O)c1ccc2ccccc2n1)c1ccc(F)cc1F. The lowest BCUT2D eigenvalue weighted by molar-refractivity contribution is 0.0934. The van der Waals surface area contributed by atoms with Gasteiger partial charge in [0, 0.05) is 17.0 Å². The van der Waals surface area contributed by atoms with Gasteiger partial charge in [0.1, 0.15) is 17.3 Å². The van der Waals surface area contributed by atoms with Gasteiger partial charge in [0.25, 0.3) is 5.91 Å². The van der Waals surface area contributed by atoms with E-state index in [0.717, 1.165) is 17.5 Å². The lowest BCUT2D eigenvalue weighted by Gasteiger charge is -2.15. The van der Waals surface area contributed by atoms with Gasteiger partial charge in [-0.3, -0.25) is 4.79 Å². The van der Waals surface area contributed by atoms with E-state index in [1.54, 1.807) is 19.1 Å². The van der Waals surface area contributed by atoms with Crippen molar-refractivity contribution in [3.05, 3.63) is 77.5 Å². The summed E-state index contributed by atoms with van der Waals surface area (Å²) in [6.07, 6.45) is 0. The Bertz CT molecular complexity index is 880. The summed E-state index contributed by atoms with van der Waals surface area (Å²) in [7, 11) is 0. The van der Waals surface area contributed by atoms with Crippen molar-refractivity contribution in [2.75, 3.05) is 0 Å². The molecule has 0 bridgehead atoms. The molecule has 5 heteroatoms. The number of fused-ring (bicyclic) bond motifs is 1. The van der Waals surface area contributed by atoms with Crippen LogP contribution in [-0.4, -0.2) is 10.9 Å². The zero-order chi connectivity index (χ0) is 16.4. The van der Waals surface area contributed by atoms with Gasteiger partial charge in [-0.25, -0.2) is 13.8 Å². The molecule has 1 unspecified atom stereocenters. The second-order valence-electron chi connectivity index (χ2n) is 5.25. The van der Waals surface area contributed by atoms with Crippen LogP contribution in [0.15, 0.2) is 54.6 Å². The number of halogens is 2. The van der Waals surface area contributed by atoms with E-state index in [2.05, 4.69) is 10.3 Å². The molecule has 0 saturated carbocycles. The van der Waals surface area contributed by atoms with Gasteiger partial charge in [-0.15, -0.1) is 0 Å². The number of hydrogen-bond donors (Lipinski definition) is 1. The first kappa shape index (κ1) is 15.1. The number of hydrogen-bond acceptors (Lipinski definition) is 2. The largest absolute Gasteiger partial charge is 0.344 e. The maximum atomic E-state index is 13.8. The predicted octanol–water partition coefficient (Wildman–Crippen LogP) is 4.00. The smallest absolute Gasteiger partial charge is 0.270 e. The van der Waals surface area contributed by atoms with Crippen molar-refractivity contribution in [2.24, 2.45) is 0 Å². The molecule has 23 heavy (non-hydrogen) atoms. The Balaban J connectivity index is 1.82. The third kappa shape index (κ3) is 3.18. The van der Waals surface area contributed by atoms with Crippen LogP contribution in [0.4, 0.5) is 8.78 Å². The number of benzene rings is 2. The van der Waals surface area contributed by atoms with Crippen LogP contribution >= 0.6 is 0 Å². The summed E-state index contributed by atoms with van der Waals surface area (Å²) in [5.74, 6) is -1.75. The number of aromatic nitrogens is 1. The van der Waals surface area contributed by atoms with Crippen molar-refractivity contribution in [3.63, 3.8) is 0 Å². The van der Waals surface area contributed by atoms with E-state index >= 15 is 0 Å². The molecule has 2 aromatic carbocycles. The third-order valence-corrected chi connectivity index (χ3v) is 3.61. The van der Waals surface area contributed by atoms with Crippen molar-refractivity contribution in [1.82, 2.24) is 10.3 Å². The summed E-state index contributed by atoms with van der Waals surface area (Å²) in [5, 5.41) is 3.61. The molecular formula is C18H14F2N2O. The Kier molecular flexibility index (Phi) is 4.02. The normalized spacial score (nSPS) is 12.1. The number of nitrogens with zero attached hydrogens (tertiary/aromatic N) is 1. The molecule has 1 amide bonds. The van der Waals surface area contributed by atoms with Gasteiger partial charge in [0.15, 0.2) is 0 Å². The van der Waals surface area contributed by atoms with Crippen molar-refractivity contribution < 1.29 is 13.6 Å². The first-order chi connectivity index (χ1) is 11.0. The number of carbonyl (C=O) groups excluding carboxylic acids is 1. The predicted molar refractivity (Wildman–Crippen MR) is 84.0 cm³/mol. The number of para-hydroxylation sites is 1. The standard InChI is InChI=1S/C18H14F2N2O/c1-11(14-8-7-13(19)10-15(14)20)21-18(23)17-9-6-12-4-2-3-5-16(12)22-17/h2-11H,1H3,(H,21,23). The fourth-order valence-electron chi connectivity index (χ4n) is 2.39. The van der Waals surface area contributed by atoms with E-state index in [1.165, 1.54) is 6.07 Å². The summed E-state index contributed by atoms with van der Waals surface area (Å²) in [4.78, 5) is 16.6. The highest BCUT2D eigenvalue weighted by atomic mass is 19.1. The molecule has 3 aromatic rings. The number of nitrogens with one attached hydrogen (secondary N) is 1. The lowest BCUT2D eigenvalue weighted by Crippen LogP contribution is -2.28. The summed E-state index contributed by atoms with van der Waals surface area (Å²) >= 11 is 0. The molecule has 1 atom stereocenters. The zero-order valence-electron chi connectivity index (χ0n) is 12.4. The minimum absolute atomic E-state index is 0.223. The molecule has 1 heterocycles. The lowest BCUT2D eigenvalue weighted by atomic mass is 10.1. The van der Waals surface area contributed by atoms with Crippen molar-refractivity contribution in [3.8, 4) is 0 Å². The summed E-state index contributed by atoms with van der Waals surface area (Å²) in [6.45, 7) is 1.63. The van der Waals surface area contributed by atoms with Crippen LogP contribution < -0.4 is 5.32 Å². The van der Waals surface area contributed by atoms with Crippen LogP contribution in [0.1, 0.15) is 29.0 Å². The highest BCUT2D eigenvalue weighted by Gasteiger charge is 2.16. The molecule has 0 spiro atoms. The maximum absolute atomic E-state index is 13.8. The topological polar surface area (TPSA) is 42.0 Å². The van der Waals surface area contributed by atoms with Crippen molar-refractivity contribution >= 4 is 16.8 Å². The first-order valence-corrected chi connectivity index (χ1v) is 7.16. The van der Waals surface area contributed by atoms with Gasteiger partial charge in [-0.1, -0.05) is 30.3 Å². The first-order valence-electron chi connectivity index (χ1n) is 7.16. The molecule has 0 fully saturated rings. The van der Waals surface area contributed by atoms with Crippen LogP contribution in [-0.2, 0) is 0 Å². The molecule has 3 nitrogen and oxygen atoms in total. The maximum Gasteiger partial charge on any atom is 0.270 e. The molecule has 116 valence electrons. The Morgan fingerprint density at radius 2 is 1.87 bits per heavy atom. The Morgan fingerprint density at radius 1 is 1.09 bits per heavy atom. The van der Waals surface area contributed by atoms with Crippen molar-refractivity contribution in [1.29, 1.82) is 0 Å². The van der Waals surface area contributed by atoms with Gasteiger partial charge >= 0.3 is 0 Å². The Labute approximate surface area is 132 Å². The van der Waals surface area contributed by atoms with E-state index in [9.17, 15) is 13.6 Å². The van der Waals surface area contributed by atoms with E-state index in [4.69, 9.17) is 0 Å². The minimum atomic E-state index is -0.690. The van der Waals surface area contributed by atoms with E-state index in [1.807, 2.05) is 24.3 Å². The molecular weight excluding hydrogens is 298 g/mol. The zero-order valence-corrected chi connectivity index (χ0v) is 12.4. The number of amides is 1. The third-order valence-electron chi connectivity index (χ3n) is 3.61. The minimum Gasteiger partial charge on any atom is -0.344 e. The molecule has 1 N–H and O–H groups in total. The Hall–Kier alpha value is -2.82.